The fourth-order valence-electron chi connectivity index (χ4n) is 14.6. The number of nitrogens with zero attached hydrogens (tertiary/aromatic N) is 1. The Balaban J connectivity index is 1.12. The Bertz CT molecular complexity index is 1530. The van der Waals surface area contributed by atoms with Crippen LogP contribution in [0.4, 0.5) is 0 Å². The molecule has 1 unspecified atom stereocenters. The van der Waals surface area contributed by atoms with Crippen molar-refractivity contribution in [3.8, 4) is 0 Å². The molecule has 1 heterocycles. The number of hydrogen-bond donors (Lipinski definition) is 2. The minimum Gasteiger partial charge on any atom is -0.359 e. The second-order valence-electron chi connectivity index (χ2n) is 19.6. The second-order valence-corrected chi connectivity index (χ2v) is 21.9. The first-order chi connectivity index (χ1) is 23.5. The number of amides is 1. The maximum Gasteiger partial charge on any atom is 0.223 e. The Morgan fingerprint density at radius 2 is 1.66 bits per heavy atom. The highest BCUT2D eigenvalue weighted by molar-refractivity contribution is 7.91. The average molecular weight is 708 g/mol. The van der Waals surface area contributed by atoms with Crippen molar-refractivity contribution in [3.05, 3.63) is 35.5 Å². The molecule has 0 radical (unpaired) electrons. The zero-order valence-electron chi connectivity index (χ0n) is 32.6. The van der Waals surface area contributed by atoms with E-state index in [4.69, 9.17) is 0 Å². The van der Waals surface area contributed by atoms with E-state index in [-0.39, 0.29) is 22.8 Å². The molecule has 50 heavy (non-hydrogen) atoms. The lowest BCUT2D eigenvalue weighted by atomic mass is 9.33. The smallest absolute Gasteiger partial charge is 0.223 e. The number of allylic oxidation sites excluding steroid dienone is 5. The number of carbonyl (C=O) groups is 1. The van der Waals surface area contributed by atoms with E-state index in [2.05, 4.69) is 75.8 Å². The molecule has 1 aliphatic heterocycles. The molecule has 6 nitrogen and oxygen atoms in total. The highest BCUT2D eigenvalue weighted by atomic mass is 32.2. The van der Waals surface area contributed by atoms with Gasteiger partial charge in [0, 0.05) is 44.7 Å². The number of nitrogens with one attached hydrogen (secondary N) is 2. The third kappa shape index (κ3) is 5.67. The number of sulfone groups is 1. The molecule has 0 aromatic heterocycles. The van der Waals surface area contributed by atoms with Crippen molar-refractivity contribution in [2.45, 2.75) is 124 Å². The van der Waals surface area contributed by atoms with E-state index in [1.54, 1.807) is 12.6 Å². The van der Waals surface area contributed by atoms with Crippen molar-refractivity contribution < 1.29 is 13.2 Å². The van der Waals surface area contributed by atoms with Gasteiger partial charge in [-0.05, 0) is 146 Å². The summed E-state index contributed by atoms with van der Waals surface area (Å²) in [7, 11) is -1.08. The van der Waals surface area contributed by atoms with Crippen LogP contribution in [0.5, 0.6) is 0 Å². The van der Waals surface area contributed by atoms with E-state index >= 15 is 0 Å². The summed E-state index contributed by atoms with van der Waals surface area (Å²) in [5.41, 5.74) is 5.75. The summed E-state index contributed by atoms with van der Waals surface area (Å²) in [4.78, 5) is 14.7. The van der Waals surface area contributed by atoms with E-state index in [1.165, 1.54) is 68.9 Å². The predicted octanol–water partition coefficient (Wildman–Crippen LogP) is 7.73. The lowest BCUT2D eigenvalue weighted by molar-refractivity contribution is -0.221. The predicted molar refractivity (Wildman–Crippen MR) is 205 cm³/mol. The second kappa shape index (κ2) is 12.9. The molecule has 4 saturated carbocycles. The maximum atomic E-state index is 12.4. The maximum absolute atomic E-state index is 12.4. The van der Waals surface area contributed by atoms with Gasteiger partial charge in [-0.25, -0.2) is 8.42 Å². The van der Waals surface area contributed by atoms with Crippen molar-refractivity contribution in [1.29, 1.82) is 0 Å². The normalized spacial score (nSPS) is 45.2. The number of fused-ring (bicyclic) bond motifs is 7. The molecule has 0 bridgehead atoms. The molecule has 2 N–H and O–H groups in total. The summed E-state index contributed by atoms with van der Waals surface area (Å²) >= 11 is 0. The van der Waals surface area contributed by atoms with Crippen LogP contribution in [0, 0.1) is 57.2 Å². The van der Waals surface area contributed by atoms with E-state index < -0.39 is 9.84 Å². The van der Waals surface area contributed by atoms with Crippen LogP contribution in [-0.2, 0) is 14.6 Å². The Hall–Kier alpha value is -1.44. The molecule has 0 spiro atoms. The lowest BCUT2D eigenvalue weighted by Gasteiger charge is -2.72. The fourth-order valence-corrected chi connectivity index (χ4v) is 15.8. The highest BCUT2D eigenvalue weighted by Gasteiger charge is 2.70. The topological polar surface area (TPSA) is 78.5 Å². The first-order valence-corrected chi connectivity index (χ1v) is 22.3. The third-order valence-corrected chi connectivity index (χ3v) is 19.0. The number of rotatable bonds is 7. The summed E-state index contributed by atoms with van der Waals surface area (Å²) in [6, 6.07) is 0. The van der Waals surface area contributed by atoms with Crippen molar-refractivity contribution in [2.24, 2.45) is 57.2 Å². The molecule has 7 aliphatic rings. The molecule has 6 aliphatic carbocycles. The van der Waals surface area contributed by atoms with Gasteiger partial charge in [-0.2, -0.15) is 0 Å². The fraction of sp³-hybridized carbons (Fsp3) is 0.837. The first kappa shape index (κ1) is 36.9. The van der Waals surface area contributed by atoms with Crippen LogP contribution in [0.3, 0.4) is 0 Å². The Morgan fingerprint density at radius 1 is 0.920 bits per heavy atom. The van der Waals surface area contributed by atoms with Gasteiger partial charge in [-0.3, -0.25) is 4.79 Å². The van der Waals surface area contributed by atoms with Crippen molar-refractivity contribution in [2.75, 3.05) is 44.7 Å². The van der Waals surface area contributed by atoms with Crippen molar-refractivity contribution >= 4 is 15.7 Å². The van der Waals surface area contributed by atoms with Gasteiger partial charge in [0.15, 0.2) is 9.84 Å². The summed E-state index contributed by atoms with van der Waals surface area (Å²) in [5.74, 6) is 4.27. The van der Waals surface area contributed by atoms with Gasteiger partial charge >= 0.3 is 0 Å². The zero-order chi connectivity index (χ0) is 35.9. The molecule has 0 aromatic carbocycles. The third-order valence-electron chi connectivity index (χ3n) is 17.4. The van der Waals surface area contributed by atoms with Gasteiger partial charge in [-0.1, -0.05) is 58.9 Å². The number of hydrogen-bond acceptors (Lipinski definition) is 5. The molecule has 7 rings (SSSR count). The molecule has 10 atom stereocenters. The van der Waals surface area contributed by atoms with Gasteiger partial charge in [0.2, 0.25) is 5.91 Å². The van der Waals surface area contributed by atoms with Gasteiger partial charge in [0.1, 0.15) is 0 Å². The van der Waals surface area contributed by atoms with E-state index in [0.717, 1.165) is 38.3 Å². The summed E-state index contributed by atoms with van der Waals surface area (Å²) in [6.45, 7) is 23.5. The quantitative estimate of drug-likeness (QED) is 0.265. The van der Waals surface area contributed by atoms with Crippen molar-refractivity contribution in [1.82, 2.24) is 15.5 Å². The van der Waals surface area contributed by atoms with Crippen LogP contribution in [0.25, 0.3) is 0 Å². The molecule has 7 heteroatoms. The summed E-state index contributed by atoms with van der Waals surface area (Å²) < 4.78 is 24.1. The zero-order valence-corrected chi connectivity index (χ0v) is 33.5. The molecule has 1 saturated heterocycles. The largest absolute Gasteiger partial charge is 0.359 e. The van der Waals surface area contributed by atoms with Crippen molar-refractivity contribution in [3.63, 3.8) is 0 Å². The molecule has 1 amide bonds. The summed E-state index contributed by atoms with van der Waals surface area (Å²) in [6.07, 6.45) is 19.5. The SMILES string of the molecule is C=C(C)[C@@H]1CC[C@]2(NCCN3CCS(=O)(=O)CC3)CC[C@]3(C)[C@H](CC[C@@H]4[C@@]5(C)CC=C(C6=CCC(C(=O)NC)CC6)C(C)(C)[C@@H]5CC[C@]43C)[C@@H]12. The molecule has 280 valence electrons. The minimum absolute atomic E-state index is 0.122. The Morgan fingerprint density at radius 3 is 2.32 bits per heavy atom. The van der Waals surface area contributed by atoms with Gasteiger partial charge in [-0.15, -0.1) is 0 Å². The Kier molecular flexibility index (Phi) is 9.49. The van der Waals surface area contributed by atoms with Crippen LogP contribution in [0.1, 0.15) is 119 Å². The van der Waals surface area contributed by atoms with E-state index in [1.807, 2.05) is 0 Å². The van der Waals surface area contributed by atoms with E-state index in [0.29, 0.717) is 64.5 Å². The van der Waals surface area contributed by atoms with Crippen LogP contribution in [0.15, 0.2) is 35.5 Å². The van der Waals surface area contributed by atoms with Crippen LogP contribution in [-0.4, -0.2) is 69.5 Å². The molecule has 5 fully saturated rings. The van der Waals surface area contributed by atoms with Gasteiger partial charge in [0.05, 0.1) is 11.5 Å². The minimum atomic E-state index is -2.85. The number of carbonyl (C=O) groups excluding carboxylic acids is 1. The van der Waals surface area contributed by atoms with Gasteiger partial charge in [0.25, 0.3) is 0 Å². The first-order valence-electron chi connectivity index (χ1n) is 20.5. The molecular weight excluding hydrogens is 639 g/mol. The van der Waals surface area contributed by atoms with E-state index in [9.17, 15) is 13.2 Å². The van der Waals surface area contributed by atoms with Crippen LogP contribution < -0.4 is 10.6 Å². The highest BCUT2D eigenvalue weighted by Crippen LogP contribution is 2.76. The summed E-state index contributed by atoms with van der Waals surface area (Å²) in [5, 5.41) is 7.11. The molecule has 0 aromatic rings. The molecular formula is C43H69N3O3S. The Labute approximate surface area is 305 Å². The van der Waals surface area contributed by atoms with Crippen LogP contribution >= 0.6 is 0 Å². The van der Waals surface area contributed by atoms with Gasteiger partial charge < -0.3 is 15.5 Å². The van der Waals surface area contributed by atoms with Crippen LogP contribution in [0.2, 0.25) is 0 Å². The lowest BCUT2D eigenvalue weighted by Crippen LogP contribution is -2.68. The average Bonchev–Trinajstić information content (AvgIpc) is 3.45. The standard InChI is InChI=1S/C43H69N3O3S/c1-29(2)32-15-20-43(45-23-24-46-25-27-50(48,49)28-26-46)22-21-41(6)34(37(32)43)13-14-36-40(5)18-16-33(30-9-11-31(12-10-30)38(47)44-8)39(3,4)35(40)17-19-42(36,41)7/h9,16,31-32,34-37,45H,1,10-15,17-28H2,2-8H3,(H,44,47)/t31?,32-,34+,35-,36+,37+,40-,41+,42+,43-/m0/s1. The monoisotopic (exact) mass is 708 g/mol.